The van der Waals surface area contributed by atoms with E-state index in [4.69, 9.17) is 10.2 Å². The molecule has 0 saturated carbocycles. The van der Waals surface area contributed by atoms with Crippen LogP contribution in [0.4, 0.5) is 0 Å². The molecule has 0 bridgehead atoms. The maximum absolute atomic E-state index is 7.62. The first-order chi connectivity index (χ1) is 14.4. The van der Waals surface area contributed by atoms with Gasteiger partial charge in [0, 0.05) is 0 Å². The molecule has 4 rings (SSSR count). The first kappa shape index (κ1) is 29.1. The summed E-state index contributed by atoms with van der Waals surface area (Å²) in [7, 11) is 0. The van der Waals surface area contributed by atoms with Crippen molar-refractivity contribution in [3.63, 3.8) is 0 Å². The number of fused-ring (bicyclic) bond motifs is 1. The van der Waals surface area contributed by atoms with E-state index in [1.807, 2.05) is 0 Å². The van der Waals surface area contributed by atoms with Crippen LogP contribution in [0.15, 0.2) is 74.1 Å². The van der Waals surface area contributed by atoms with Gasteiger partial charge in [-0.2, -0.15) is 0 Å². The number of benzene rings is 2. The molecule has 2 nitrogen and oxygen atoms in total. The molecule has 170 valence electrons. The van der Waals surface area contributed by atoms with E-state index in [2.05, 4.69) is 89.2 Å². The molecule has 5 heteroatoms. The van der Waals surface area contributed by atoms with Crippen molar-refractivity contribution < 1.29 is 58.3 Å². The quantitative estimate of drug-likeness (QED) is 0.569. The molecule has 2 aliphatic rings. The fourth-order valence-electron chi connectivity index (χ4n) is 4.37. The summed E-state index contributed by atoms with van der Waals surface area (Å²) in [6, 6.07) is 17.8. The zero-order valence-electron chi connectivity index (χ0n) is 19.4. The van der Waals surface area contributed by atoms with Crippen LogP contribution in [0.3, 0.4) is 0 Å². The van der Waals surface area contributed by atoms with E-state index < -0.39 is 23.2 Å². The molecule has 0 radical (unpaired) electrons. The average molecular weight is 551 g/mol. The Hall–Kier alpha value is -0.957. The molecular weight excluding hydrogens is 518 g/mol. The second kappa shape index (κ2) is 13.1. The number of hydrogen-bond acceptors (Lipinski definition) is 2. The summed E-state index contributed by atoms with van der Waals surface area (Å²) in [6.45, 7) is 11.5. The number of hydrogen-bond donors (Lipinski definition) is 2. The van der Waals surface area contributed by atoms with Crippen LogP contribution in [0.1, 0.15) is 49.4 Å². The molecule has 2 unspecified atom stereocenters. The normalized spacial score (nSPS) is 18.7. The van der Waals surface area contributed by atoms with Crippen molar-refractivity contribution in [3.05, 3.63) is 85.2 Å². The Labute approximate surface area is 216 Å². The Morgan fingerprint density at radius 1 is 0.812 bits per heavy atom. The van der Waals surface area contributed by atoms with Gasteiger partial charge in [-0.25, -0.2) is 0 Å². The smallest absolute Gasteiger partial charge is 0.0662 e. The standard InChI is InChI=1S/C16H13.C9H13.C2H6O2.2ClH.Zr/c1-12-10-14-8-5-9-15(16(14)11-12)13-6-3-2-4-7-13;1-6-5-7(2)9(4)8(6)3;3-1-2-4;;;/h2-11H,1H3;6H,1-4H3;3-4H,1-2H2;2*1H;/q;;;;;+2/p-2. The third-order valence-corrected chi connectivity index (χ3v) is 11.7. The molecule has 32 heavy (non-hydrogen) atoms. The van der Waals surface area contributed by atoms with E-state index in [1.165, 1.54) is 16.7 Å². The van der Waals surface area contributed by atoms with Crippen LogP contribution >= 0.6 is 0 Å². The van der Waals surface area contributed by atoms with Crippen LogP contribution in [0.25, 0.3) is 17.2 Å². The summed E-state index contributed by atoms with van der Waals surface area (Å²) in [5.74, 6) is 0.663. The van der Waals surface area contributed by atoms with Gasteiger partial charge >= 0.3 is 170 Å². The van der Waals surface area contributed by atoms with E-state index in [0.29, 0.717) is 9.54 Å². The Balaban J connectivity index is 0.000000790. The molecule has 2 aliphatic carbocycles. The second-order valence-electron chi connectivity index (χ2n) is 8.16. The molecule has 0 spiro atoms. The van der Waals surface area contributed by atoms with Crippen LogP contribution in [-0.4, -0.2) is 23.4 Å². The molecule has 2 N–H and O–H groups in total. The molecule has 0 aliphatic heterocycles. The fraction of sp³-hybridized carbons (Fsp3) is 0.333. The Kier molecular flexibility index (Phi) is 11.9. The van der Waals surface area contributed by atoms with Crippen molar-refractivity contribution in [3.8, 4) is 11.1 Å². The maximum atomic E-state index is 7.62. The Bertz CT molecular complexity index is 1010. The summed E-state index contributed by atoms with van der Waals surface area (Å²) in [5.41, 5.74) is 12.1. The predicted molar refractivity (Wildman–Crippen MR) is 123 cm³/mol. The van der Waals surface area contributed by atoms with E-state index >= 15 is 0 Å². The average Bonchev–Trinajstić information content (AvgIpc) is 3.19. The SMILES string of the molecule is CC1=Cc2c(-c3ccccc3)cccc2[CH]1[Zr+2][C]1=C(C)C(C)=C(C)C1C.OCCO.[Cl-].[Cl-]. The summed E-state index contributed by atoms with van der Waals surface area (Å²) < 4.78 is 2.49. The molecule has 0 saturated heterocycles. The summed E-state index contributed by atoms with van der Waals surface area (Å²) >= 11 is -0.718. The minimum Gasteiger partial charge on any atom is -1.00 e. The first-order valence-electron chi connectivity index (χ1n) is 10.6. The summed E-state index contributed by atoms with van der Waals surface area (Å²) in [4.78, 5) is 0. The number of aliphatic hydroxyl groups excluding tert-OH is 2. The van der Waals surface area contributed by atoms with Crippen molar-refractivity contribution in [2.75, 3.05) is 13.2 Å². The van der Waals surface area contributed by atoms with Gasteiger partial charge in [-0.1, -0.05) is 0 Å². The van der Waals surface area contributed by atoms with E-state index in [-0.39, 0.29) is 38.0 Å². The Morgan fingerprint density at radius 3 is 1.97 bits per heavy atom. The van der Waals surface area contributed by atoms with Crippen LogP contribution < -0.4 is 24.8 Å². The Morgan fingerprint density at radius 2 is 1.44 bits per heavy atom. The molecule has 0 amide bonds. The summed E-state index contributed by atoms with van der Waals surface area (Å²) in [5, 5.41) is 15.2. The van der Waals surface area contributed by atoms with Gasteiger partial charge in [0.1, 0.15) is 0 Å². The van der Waals surface area contributed by atoms with Gasteiger partial charge < -0.3 is 35.0 Å². The van der Waals surface area contributed by atoms with Crippen molar-refractivity contribution in [2.24, 2.45) is 5.92 Å². The van der Waals surface area contributed by atoms with Crippen molar-refractivity contribution in [1.82, 2.24) is 0 Å². The number of aliphatic hydroxyl groups is 2. The molecule has 0 fully saturated rings. The molecule has 2 aromatic carbocycles. The van der Waals surface area contributed by atoms with Crippen LogP contribution in [0.2, 0.25) is 0 Å². The number of halogens is 2. The van der Waals surface area contributed by atoms with Gasteiger partial charge in [0.2, 0.25) is 0 Å². The minimum atomic E-state index is -0.718. The van der Waals surface area contributed by atoms with Crippen LogP contribution in [-0.2, 0) is 23.2 Å². The van der Waals surface area contributed by atoms with E-state index in [9.17, 15) is 0 Å². The largest absolute Gasteiger partial charge is 1.00 e. The zero-order valence-corrected chi connectivity index (χ0v) is 23.4. The fourth-order valence-corrected chi connectivity index (χ4v) is 9.04. The minimum absolute atomic E-state index is 0. The monoisotopic (exact) mass is 548 g/mol. The van der Waals surface area contributed by atoms with Crippen LogP contribution in [0, 0.1) is 5.92 Å². The second-order valence-corrected chi connectivity index (χ2v) is 11.6. The maximum Gasteiger partial charge on any atom is 0.0662 e. The van der Waals surface area contributed by atoms with Gasteiger partial charge in [0.25, 0.3) is 0 Å². The van der Waals surface area contributed by atoms with Gasteiger partial charge in [-0.3, -0.25) is 0 Å². The predicted octanol–water partition coefficient (Wildman–Crippen LogP) is 0.133. The van der Waals surface area contributed by atoms with E-state index in [0.717, 1.165) is 0 Å². The molecular formula is C27H32Cl2O2Zr. The van der Waals surface area contributed by atoms with Gasteiger partial charge in [0.15, 0.2) is 0 Å². The van der Waals surface area contributed by atoms with Crippen molar-refractivity contribution in [1.29, 1.82) is 0 Å². The van der Waals surface area contributed by atoms with Gasteiger partial charge in [-0.05, 0) is 0 Å². The van der Waals surface area contributed by atoms with Crippen molar-refractivity contribution in [2.45, 2.75) is 38.2 Å². The zero-order chi connectivity index (χ0) is 21.8. The molecule has 2 atom stereocenters. The number of rotatable bonds is 4. The van der Waals surface area contributed by atoms with Gasteiger partial charge in [0.05, 0.1) is 13.2 Å². The first-order valence-corrected chi connectivity index (χ1v) is 13.3. The van der Waals surface area contributed by atoms with Gasteiger partial charge in [-0.15, -0.1) is 0 Å². The molecule has 0 heterocycles. The van der Waals surface area contributed by atoms with Crippen LogP contribution in [0.5, 0.6) is 0 Å². The summed E-state index contributed by atoms with van der Waals surface area (Å²) in [6.07, 6.45) is 2.46. The topological polar surface area (TPSA) is 40.5 Å². The van der Waals surface area contributed by atoms with Crippen molar-refractivity contribution >= 4 is 6.08 Å². The number of allylic oxidation sites excluding steroid dienone is 5. The third kappa shape index (κ3) is 5.93. The third-order valence-electron chi connectivity index (χ3n) is 6.40. The van der Waals surface area contributed by atoms with E-state index in [1.54, 1.807) is 31.1 Å². The molecule has 0 aromatic heterocycles. The molecule has 2 aromatic rings.